The summed E-state index contributed by atoms with van der Waals surface area (Å²) >= 11 is 0. The summed E-state index contributed by atoms with van der Waals surface area (Å²) in [4.78, 5) is 31.8. The van der Waals surface area contributed by atoms with Crippen LogP contribution in [0.25, 0.3) is 0 Å². The second-order valence-electron chi connectivity index (χ2n) is 8.74. The molecule has 0 bridgehead atoms. The molecule has 1 aliphatic carbocycles. The van der Waals surface area contributed by atoms with Gasteiger partial charge in [-0.05, 0) is 31.0 Å². The number of ether oxygens (including phenoxy) is 4. The van der Waals surface area contributed by atoms with Gasteiger partial charge in [-0.2, -0.15) is 0 Å². The average Bonchev–Trinajstić information content (AvgIpc) is 2.87. The number of rotatable bonds is 8. The number of nitrogens with zero attached hydrogens (tertiary/aromatic N) is 1. The smallest absolute Gasteiger partial charge is 0.315 e. The Morgan fingerprint density at radius 2 is 1.54 bits per heavy atom. The standard InChI is InChI=1S/C28H31NO6/c1-17-25(28(31)35-14-13-32-2)26(20-10-6-8-12-24(20)34-4)27-21(29-17)15-18(16-22(27)30)19-9-5-7-11-23(19)33-3/h5-12,18,25-26H,13-16H2,1-4H3. The highest BCUT2D eigenvalue weighted by molar-refractivity contribution is 6.09. The predicted octanol–water partition coefficient (Wildman–Crippen LogP) is 4.47. The monoisotopic (exact) mass is 477 g/mol. The fourth-order valence-electron chi connectivity index (χ4n) is 5.16. The number of carbonyl (C=O) groups excluding carboxylic acids is 2. The van der Waals surface area contributed by atoms with Gasteiger partial charge < -0.3 is 18.9 Å². The molecule has 0 amide bonds. The lowest BCUT2D eigenvalue weighted by atomic mass is 9.69. The van der Waals surface area contributed by atoms with E-state index in [0.29, 0.717) is 42.2 Å². The highest BCUT2D eigenvalue weighted by Crippen LogP contribution is 2.49. The van der Waals surface area contributed by atoms with E-state index in [1.54, 1.807) is 21.3 Å². The first kappa shape index (κ1) is 24.7. The topological polar surface area (TPSA) is 83.4 Å². The Labute approximate surface area is 205 Å². The molecule has 0 spiro atoms. The molecular weight excluding hydrogens is 446 g/mol. The third-order valence-electron chi connectivity index (χ3n) is 6.73. The Balaban J connectivity index is 1.79. The Hall–Kier alpha value is -3.45. The number of benzene rings is 2. The quantitative estimate of drug-likeness (QED) is 0.412. The SMILES string of the molecule is COCCOC(=O)C1C(C)=NC2=C(C(=O)CC(c3ccccc3OC)C2)C1c1ccccc1OC. The molecule has 184 valence electrons. The Morgan fingerprint density at radius 3 is 2.20 bits per heavy atom. The molecule has 3 atom stereocenters. The molecule has 2 aliphatic rings. The number of hydrogen-bond donors (Lipinski definition) is 0. The van der Waals surface area contributed by atoms with Gasteiger partial charge in [-0.25, -0.2) is 0 Å². The van der Waals surface area contributed by atoms with Gasteiger partial charge in [0.25, 0.3) is 0 Å². The average molecular weight is 478 g/mol. The van der Waals surface area contributed by atoms with Crippen molar-refractivity contribution in [2.75, 3.05) is 34.5 Å². The summed E-state index contributed by atoms with van der Waals surface area (Å²) in [7, 11) is 4.77. The maximum absolute atomic E-state index is 13.7. The summed E-state index contributed by atoms with van der Waals surface area (Å²) in [6.45, 7) is 2.25. The predicted molar refractivity (Wildman–Crippen MR) is 132 cm³/mol. The number of methoxy groups -OCH3 is 3. The normalized spacial score (nSPS) is 21.8. The minimum atomic E-state index is -0.728. The molecular formula is C28H31NO6. The fourth-order valence-corrected chi connectivity index (χ4v) is 5.16. The van der Waals surface area contributed by atoms with E-state index >= 15 is 0 Å². The molecule has 0 N–H and O–H groups in total. The third-order valence-corrected chi connectivity index (χ3v) is 6.73. The number of esters is 1. The number of allylic oxidation sites excluding steroid dienone is 2. The molecule has 3 unspecified atom stereocenters. The van der Waals surface area contributed by atoms with Crippen molar-refractivity contribution in [3.8, 4) is 11.5 Å². The van der Waals surface area contributed by atoms with Gasteiger partial charge in [-0.15, -0.1) is 0 Å². The Morgan fingerprint density at radius 1 is 0.914 bits per heavy atom. The van der Waals surface area contributed by atoms with Crippen LogP contribution < -0.4 is 9.47 Å². The summed E-state index contributed by atoms with van der Waals surface area (Å²) in [5, 5.41) is 0. The van der Waals surface area contributed by atoms with E-state index in [0.717, 1.165) is 16.9 Å². The largest absolute Gasteiger partial charge is 0.496 e. The Kier molecular flexibility index (Phi) is 7.66. The zero-order valence-electron chi connectivity index (χ0n) is 20.6. The van der Waals surface area contributed by atoms with Gasteiger partial charge in [-0.1, -0.05) is 36.4 Å². The molecule has 0 radical (unpaired) electrons. The van der Waals surface area contributed by atoms with E-state index in [2.05, 4.69) is 0 Å². The molecule has 7 nitrogen and oxygen atoms in total. The number of para-hydroxylation sites is 2. The lowest BCUT2D eigenvalue weighted by molar-refractivity contribution is -0.147. The second-order valence-corrected chi connectivity index (χ2v) is 8.74. The molecule has 0 saturated carbocycles. The van der Waals surface area contributed by atoms with Crippen LogP contribution in [0.5, 0.6) is 11.5 Å². The van der Waals surface area contributed by atoms with Crippen LogP contribution in [0.15, 0.2) is 64.8 Å². The molecule has 0 fully saturated rings. The zero-order valence-corrected chi connectivity index (χ0v) is 20.6. The van der Waals surface area contributed by atoms with Crippen LogP contribution in [0, 0.1) is 5.92 Å². The first-order valence-electron chi connectivity index (χ1n) is 11.7. The highest BCUT2D eigenvalue weighted by Gasteiger charge is 2.45. The summed E-state index contributed by atoms with van der Waals surface area (Å²) in [6.07, 6.45) is 0.890. The van der Waals surface area contributed by atoms with Crippen LogP contribution in [0.1, 0.15) is 42.7 Å². The van der Waals surface area contributed by atoms with Crippen molar-refractivity contribution in [3.05, 3.63) is 70.9 Å². The number of hydrogen-bond acceptors (Lipinski definition) is 7. The lowest BCUT2D eigenvalue weighted by Crippen LogP contribution is -2.38. The van der Waals surface area contributed by atoms with Crippen LogP contribution in [-0.4, -0.2) is 52.0 Å². The molecule has 2 aromatic carbocycles. The van der Waals surface area contributed by atoms with Gasteiger partial charge >= 0.3 is 5.97 Å². The van der Waals surface area contributed by atoms with Crippen LogP contribution >= 0.6 is 0 Å². The van der Waals surface area contributed by atoms with E-state index in [-0.39, 0.29) is 18.3 Å². The third kappa shape index (κ3) is 4.86. The Bertz CT molecular complexity index is 1170. The van der Waals surface area contributed by atoms with Crippen molar-refractivity contribution in [2.24, 2.45) is 10.9 Å². The number of carbonyl (C=O) groups is 2. The van der Waals surface area contributed by atoms with Gasteiger partial charge in [0.05, 0.1) is 20.8 Å². The summed E-state index contributed by atoms with van der Waals surface area (Å²) < 4.78 is 21.7. The summed E-state index contributed by atoms with van der Waals surface area (Å²) in [6, 6.07) is 15.3. The molecule has 7 heteroatoms. The van der Waals surface area contributed by atoms with Gasteiger partial charge in [0.2, 0.25) is 0 Å². The summed E-state index contributed by atoms with van der Waals surface area (Å²) in [5.41, 5.74) is 3.66. The maximum atomic E-state index is 13.7. The summed E-state index contributed by atoms with van der Waals surface area (Å²) in [5.74, 6) is -0.402. The zero-order chi connectivity index (χ0) is 24.9. The molecule has 1 heterocycles. The first-order chi connectivity index (χ1) is 17.0. The van der Waals surface area contributed by atoms with Crippen LogP contribution in [-0.2, 0) is 19.1 Å². The van der Waals surface area contributed by atoms with Crippen molar-refractivity contribution in [1.82, 2.24) is 0 Å². The molecule has 4 rings (SSSR count). The first-order valence-corrected chi connectivity index (χ1v) is 11.7. The molecule has 35 heavy (non-hydrogen) atoms. The number of Topliss-reactive ketones (excluding diaryl/α,β-unsaturated/α-hetero) is 1. The van der Waals surface area contributed by atoms with E-state index in [1.807, 2.05) is 55.5 Å². The molecule has 2 aromatic rings. The number of aliphatic imine (C=N–C) groups is 1. The molecule has 0 aromatic heterocycles. The minimum absolute atomic E-state index is 0.0241. The van der Waals surface area contributed by atoms with Crippen molar-refractivity contribution in [3.63, 3.8) is 0 Å². The van der Waals surface area contributed by atoms with E-state index in [9.17, 15) is 9.59 Å². The fraction of sp³-hybridized carbons (Fsp3) is 0.393. The molecule has 1 aliphatic heterocycles. The van der Waals surface area contributed by atoms with Crippen LogP contribution in [0.3, 0.4) is 0 Å². The lowest BCUT2D eigenvalue weighted by Gasteiger charge is -2.37. The number of ketones is 1. The second kappa shape index (κ2) is 10.9. The van der Waals surface area contributed by atoms with Gasteiger partial charge in [-0.3, -0.25) is 14.6 Å². The van der Waals surface area contributed by atoms with E-state index in [1.165, 1.54) is 0 Å². The van der Waals surface area contributed by atoms with Crippen LogP contribution in [0.4, 0.5) is 0 Å². The van der Waals surface area contributed by atoms with Crippen molar-refractivity contribution in [2.45, 2.75) is 31.6 Å². The highest BCUT2D eigenvalue weighted by atomic mass is 16.6. The van der Waals surface area contributed by atoms with Gasteiger partial charge in [0.1, 0.15) is 24.0 Å². The minimum Gasteiger partial charge on any atom is -0.496 e. The van der Waals surface area contributed by atoms with E-state index < -0.39 is 17.8 Å². The van der Waals surface area contributed by atoms with Crippen molar-refractivity contribution in [1.29, 1.82) is 0 Å². The maximum Gasteiger partial charge on any atom is 0.315 e. The van der Waals surface area contributed by atoms with Crippen LogP contribution in [0.2, 0.25) is 0 Å². The van der Waals surface area contributed by atoms with Gasteiger partial charge in [0.15, 0.2) is 5.78 Å². The van der Waals surface area contributed by atoms with Crippen molar-refractivity contribution >= 4 is 17.5 Å². The molecule has 0 saturated heterocycles. The van der Waals surface area contributed by atoms with E-state index in [4.69, 9.17) is 23.9 Å². The van der Waals surface area contributed by atoms with Crippen molar-refractivity contribution < 1.29 is 28.5 Å². The van der Waals surface area contributed by atoms with Gasteiger partial charge in [0, 0.05) is 47.9 Å².